The van der Waals surface area contributed by atoms with Crippen LogP contribution in [0.25, 0.3) is 0 Å². The highest BCUT2D eigenvalue weighted by Crippen LogP contribution is 2.44. The van der Waals surface area contributed by atoms with Crippen LogP contribution in [-0.2, 0) is 14.3 Å². The molecule has 0 amide bonds. The van der Waals surface area contributed by atoms with E-state index in [0.29, 0.717) is 42.3 Å². The van der Waals surface area contributed by atoms with Crippen LogP contribution in [0.15, 0.2) is 40.7 Å². The lowest BCUT2D eigenvalue weighted by Crippen LogP contribution is -2.34. The van der Waals surface area contributed by atoms with E-state index in [1.54, 1.807) is 6.92 Å². The van der Waals surface area contributed by atoms with E-state index in [4.69, 9.17) is 14.2 Å². The molecule has 0 saturated carbocycles. The van der Waals surface area contributed by atoms with E-state index in [1.165, 1.54) is 0 Å². The van der Waals surface area contributed by atoms with Crippen LogP contribution in [0.4, 0.5) is 0 Å². The smallest absolute Gasteiger partial charge is 0.336 e. The SMILES string of the molecule is CCOC(=O)C1=C(C)NC2=C(C(=O)CCC2)[C@H]1c1ccc2c(c1)OCCO2. The Bertz CT molecular complexity index is 867. The first-order valence-electron chi connectivity index (χ1n) is 9.40. The van der Waals surface area contributed by atoms with Crippen molar-refractivity contribution in [2.45, 2.75) is 39.0 Å². The molecule has 142 valence electrons. The maximum atomic E-state index is 12.8. The van der Waals surface area contributed by atoms with E-state index < -0.39 is 11.9 Å². The molecular formula is C21H23NO5. The second kappa shape index (κ2) is 7.10. The summed E-state index contributed by atoms with van der Waals surface area (Å²) < 4.78 is 16.6. The summed E-state index contributed by atoms with van der Waals surface area (Å²) >= 11 is 0. The van der Waals surface area contributed by atoms with Gasteiger partial charge in [-0.05, 0) is 44.4 Å². The normalized spacial score (nSPS) is 21.6. The number of carbonyl (C=O) groups excluding carboxylic acids is 2. The third kappa shape index (κ3) is 3.09. The Morgan fingerprint density at radius 2 is 2.00 bits per heavy atom. The summed E-state index contributed by atoms with van der Waals surface area (Å²) in [6.07, 6.45) is 2.12. The average molecular weight is 369 g/mol. The van der Waals surface area contributed by atoms with Crippen LogP contribution in [0.5, 0.6) is 11.5 Å². The van der Waals surface area contributed by atoms with Crippen molar-refractivity contribution in [3.63, 3.8) is 0 Å². The molecule has 6 heteroatoms. The summed E-state index contributed by atoms with van der Waals surface area (Å²) in [5.41, 5.74) is 3.65. The summed E-state index contributed by atoms with van der Waals surface area (Å²) in [5, 5.41) is 3.28. The Labute approximate surface area is 158 Å². The largest absolute Gasteiger partial charge is 0.486 e. The zero-order valence-electron chi connectivity index (χ0n) is 15.6. The topological polar surface area (TPSA) is 73.9 Å². The number of fused-ring (bicyclic) bond motifs is 1. The molecule has 6 nitrogen and oxygen atoms in total. The van der Waals surface area contributed by atoms with E-state index in [-0.39, 0.29) is 12.4 Å². The molecule has 0 fully saturated rings. The number of benzene rings is 1. The van der Waals surface area contributed by atoms with Crippen molar-refractivity contribution < 1.29 is 23.8 Å². The Kier molecular flexibility index (Phi) is 4.64. The second-order valence-electron chi connectivity index (χ2n) is 6.89. The van der Waals surface area contributed by atoms with E-state index in [0.717, 1.165) is 29.8 Å². The van der Waals surface area contributed by atoms with Crippen molar-refractivity contribution in [1.82, 2.24) is 5.32 Å². The predicted octanol–water partition coefficient (Wildman–Crippen LogP) is 2.99. The van der Waals surface area contributed by atoms with Gasteiger partial charge in [-0.3, -0.25) is 4.79 Å². The van der Waals surface area contributed by atoms with Crippen molar-refractivity contribution in [3.8, 4) is 11.5 Å². The number of Topliss-reactive ketones (excluding diaryl/α,β-unsaturated/α-hetero) is 1. The van der Waals surface area contributed by atoms with Gasteiger partial charge in [0.05, 0.1) is 12.2 Å². The quantitative estimate of drug-likeness (QED) is 0.826. The fourth-order valence-corrected chi connectivity index (χ4v) is 4.04. The lowest BCUT2D eigenvalue weighted by atomic mass is 9.75. The molecule has 0 radical (unpaired) electrons. The van der Waals surface area contributed by atoms with Gasteiger partial charge in [0.25, 0.3) is 0 Å². The Hall–Kier alpha value is -2.76. The molecule has 1 aliphatic carbocycles. The number of hydrogen-bond donors (Lipinski definition) is 1. The van der Waals surface area contributed by atoms with Gasteiger partial charge in [-0.25, -0.2) is 4.79 Å². The zero-order valence-corrected chi connectivity index (χ0v) is 15.6. The predicted molar refractivity (Wildman–Crippen MR) is 98.5 cm³/mol. The number of esters is 1. The summed E-state index contributed by atoms with van der Waals surface area (Å²) in [7, 11) is 0. The first kappa shape index (κ1) is 17.6. The van der Waals surface area contributed by atoms with Gasteiger partial charge in [0, 0.05) is 29.3 Å². The van der Waals surface area contributed by atoms with Gasteiger partial charge >= 0.3 is 5.97 Å². The first-order chi connectivity index (χ1) is 13.1. The van der Waals surface area contributed by atoms with Crippen LogP contribution in [0.3, 0.4) is 0 Å². The van der Waals surface area contributed by atoms with Gasteiger partial charge in [-0.15, -0.1) is 0 Å². The van der Waals surface area contributed by atoms with E-state index in [2.05, 4.69) is 5.32 Å². The molecule has 2 heterocycles. The fraction of sp³-hybridized carbons (Fsp3) is 0.429. The van der Waals surface area contributed by atoms with Crippen LogP contribution in [0.2, 0.25) is 0 Å². The molecule has 1 aromatic carbocycles. The van der Waals surface area contributed by atoms with Gasteiger partial charge in [-0.2, -0.15) is 0 Å². The molecule has 1 atom stereocenters. The first-order valence-corrected chi connectivity index (χ1v) is 9.40. The van der Waals surface area contributed by atoms with Crippen molar-refractivity contribution in [1.29, 1.82) is 0 Å². The fourth-order valence-electron chi connectivity index (χ4n) is 4.04. The van der Waals surface area contributed by atoms with Crippen LogP contribution in [-0.4, -0.2) is 31.6 Å². The van der Waals surface area contributed by atoms with Gasteiger partial charge in [-0.1, -0.05) is 6.07 Å². The summed E-state index contributed by atoms with van der Waals surface area (Å²) in [6.45, 7) is 4.92. The highest BCUT2D eigenvalue weighted by molar-refractivity contribution is 6.03. The molecule has 2 aliphatic heterocycles. The standard InChI is InChI=1S/C21H23NO5/c1-3-25-21(24)18-12(2)22-14-5-4-6-15(23)20(14)19(18)13-7-8-16-17(11-13)27-10-9-26-16/h7-8,11,19,22H,3-6,9-10H2,1-2H3/t19-/m0/s1. The summed E-state index contributed by atoms with van der Waals surface area (Å²) in [6, 6.07) is 5.63. The van der Waals surface area contributed by atoms with Gasteiger partial charge in [0.1, 0.15) is 13.2 Å². The molecule has 0 spiro atoms. The molecule has 27 heavy (non-hydrogen) atoms. The van der Waals surface area contributed by atoms with Crippen molar-refractivity contribution in [2.75, 3.05) is 19.8 Å². The van der Waals surface area contributed by atoms with Crippen LogP contribution < -0.4 is 14.8 Å². The molecule has 4 rings (SSSR count). The second-order valence-corrected chi connectivity index (χ2v) is 6.89. The Balaban J connectivity index is 1.85. The highest BCUT2D eigenvalue weighted by Gasteiger charge is 2.39. The minimum absolute atomic E-state index is 0.0814. The van der Waals surface area contributed by atoms with Gasteiger partial charge < -0.3 is 19.5 Å². The molecule has 3 aliphatic rings. The molecule has 0 saturated heterocycles. The maximum absolute atomic E-state index is 12.8. The van der Waals surface area contributed by atoms with Crippen LogP contribution >= 0.6 is 0 Å². The Morgan fingerprint density at radius 1 is 1.22 bits per heavy atom. The number of nitrogens with one attached hydrogen (secondary N) is 1. The van der Waals surface area contributed by atoms with Crippen LogP contribution in [0.1, 0.15) is 44.6 Å². The maximum Gasteiger partial charge on any atom is 0.336 e. The average Bonchev–Trinajstić information content (AvgIpc) is 2.67. The molecule has 0 unspecified atom stereocenters. The van der Waals surface area contributed by atoms with Crippen molar-refractivity contribution >= 4 is 11.8 Å². The molecule has 1 aromatic rings. The number of rotatable bonds is 3. The number of dihydropyridines is 1. The van der Waals surface area contributed by atoms with E-state index >= 15 is 0 Å². The minimum atomic E-state index is -0.455. The third-order valence-corrected chi connectivity index (χ3v) is 5.17. The van der Waals surface area contributed by atoms with Gasteiger partial charge in [0.2, 0.25) is 0 Å². The molecule has 0 bridgehead atoms. The van der Waals surface area contributed by atoms with Crippen molar-refractivity contribution in [2.24, 2.45) is 0 Å². The lowest BCUT2D eigenvalue weighted by molar-refractivity contribution is -0.138. The van der Waals surface area contributed by atoms with Gasteiger partial charge in [0.15, 0.2) is 17.3 Å². The monoisotopic (exact) mass is 369 g/mol. The third-order valence-electron chi connectivity index (χ3n) is 5.17. The number of carbonyl (C=O) groups is 2. The molecular weight excluding hydrogens is 346 g/mol. The van der Waals surface area contributed by atoms with Crippen LogP contribution in [0, 0.1) is 0 Å². The number of ether oxygens (including phenoxy) is 3. The number of allylic oxidation sites excluding steroid dienone is 3. The lowest BCUT2D eigenvalue weighted by Gasteiger charge is -2.34. The number of hydrogen-bond acceptors (Lipinski definition) is 6. The molecule has 0 aromatic heterocycles. The highest BCUT2D eigenvalue weighted by atomic mass is 16.6. The van der Waals surface area contributed by atoms with E-state index in [1.807, 2.05) is 25.1 Å². The Morgan fingerprint density at radius 3 is 2.78 bits per heavy atom. The summed E-state index contributed by atoms with van der Waals surface area (Å²) in [4.78, 5) is 25.6. The number of ketones is 1. The van der Waals surface area contributed by atoms with Crippen molar-refractivity contribution in [3.05, 3.63) is 46.3 Å². The van der Waals surface area contributed by atoms with E-state index in [9.17, 15) is 9.59 Å². The summed E-state index contributed by atoms with van der Waals surface area (Å²) in [5.74, 6) is 0.555. The molecule has 1 N–H and O–H groups in total. The zero-order chi connectivity index (χ0) is 19.0. The minimum Gasteiger partial charge on any atom is -0.486 e.